The SMILES string of the molecule is COc1cccc(Cl)c1-c1noc(C)c1C(=O)Nc1ccncc1. The predicted octanol–water partition coefficient (Wildman–Crippen LogP) is 3.96. The minimum atomic E-state index is -0.350. The first-order chi connectivity index (χ1) is 11.6. The summed E-state index contributed by atoms with van der Waals surface area (Å²) in [6.07, 6.45) is 3.18. The third-order valence-corrected chi connectivity index (χ3v) is 3.78. The maximum Gasteiger partial charge on any atom is 0.261 e. The number of amides is 1. The number of hydrogen-bond acceptors (Lipinski definition) is 5. The van der Waals surface area contributed by atoms with Crippen LogP contribution in [0.25, 0.3) is 11.3 Å². The first-order valence-corrected chi connectivity index (χ1v) is 7.50. The summed E-state index contributed by atoms with van der Waals surface area (Å²) >= 11 is 6.29. The zero-order valence-electron chi connectivity index (χ0n) is 13.0. The number of hydrogen-bond donors (Lipinski definition) is 1. The van der Waals surface area contributed by atoms with E-state index in [0.717, 1.165) is 0 Å². The summed E-state index contributed by atoms with van der Waals surface area (Å²) in [6, 6.07) is 8.59. The minimum Gasteiger partial charge on any atom is -0.496 e. The van der Waals surface area contributed by atoms with Crippen molar-refractivity contribution in [2.45, 2.75) is 6.92 Å². The second kappa shape index (κ2) is 6.72. The van der Waals surface area contributed by atoms with Gasteiger partial charge in [-0.25, -0.2) is 0 Å². The van der Waals surface area contributed by atoms with Crippen LogP contribution in [0.5, 0.6) is 5.75 Å². The zero-order chi connectivity index (χ0) is 17.1. The number of anilines is 1. The van der Waals surface area contributed by atoms with Crippen LogP contribution in [0.1, 0.15) is 16.1 Å². The normalized spacial score (nSPS) is 10.5. The van der Waals surface area contributed by atoms with Crippen molar-refractivity contribution in [1.29, 1.82) is 0 Å². The molecule has 0 atom stereocenters. The number of carbonyl (C=O) groups is 1. The number of carbonyl (C=O) groups excluding carboxylic acids is 1. The summed E-state index contributed by atoms with van der Waals surface area (Å²) in [6.45, 7) is 1.67. The van der Waals surface area contributed by atoms with Crippen LogP contribution in [0.15, 0.2) is 47.2 Å². The molecule has 0 saturated carbocycles. The zero-order valence-corrected chi connectivity index (χ0v) is 13.8. The minimum absolute atomic E-state index is 0.304. The molecular formula is C17H14ClN3O3. The van der Waals surface area contributed by atoms with Crippen molar-refractivity contribution in [3.8, 4) is 17.0 Å². The van der Waals surface area contributed by atoms with E-state index in [0.29, 0.717) is 39.0 Å². The van der Waals surface area contributed by atoms with Crippen molar-refractivity contribution in [2.24, 2.45) is 0 Å². The van der Waals surface area contributed by atoms with Gasteiger partial charge in [0.1, 0.15) is 22.8 Å². The van der Waals surface area contributed by atoms with E-state index in [9.17, 15) is 4.79 Å². The molecule has 0 aliphatic heterocycles. The van der Waals surface area contributed by atoms with Crippen molar-refractivity contribution in [3.63, 3.8) is 0 Å². The largest absolute Gasteiger partial charge is 0.496 e. The van der Waals surface area contributed by atoms with Gasteiger partial charge in [0, 0.05) is 18.1 Å². The Labute approximate surface area is 143 Å². The van der Waals surface area contributed by atoms with Gasteiger partial charge in [-0.15, -0.1) is 0 Å². The molecule has 1 N–H and O–H groups in total. The van der Waals surface area contributed by atoms with Crippen molar-refractivity contribution in [2.75, 3.05) is 12.4 Å². The lowest BCUT2D eigenvalue weighted by Gasteiger charge is -2.10. The molecule has 0 spiro atoms. The van der Waals surface area contributed by atoms with Crippen LogP contribution in [0.2, 0.25) is 5.02 Å². The second-order valence-electron chi connectivity index (χ2n) is 4.97. The number of nitrogens with one attached hydrogen (secondary N) is 1. The van der Waals surface area contributed by atoms with E-state index in [2.05, 4.69) is 15.5 Å². The number of pyridine rings is 1. The highest BCUT2D eigenvalue weighted by molar-refractivity contribution is 6.34. The van der Waals surface area contributed by atoms with E-state index in [1.165, 1.54) is 7.11 Å². The Kier molecular flexibility index (Phi) is 4.48. The fourth-order valence-corrected chi connectivity index (χ4v) is 2.60. The average molecular weight is 344 g/mol. The second-order valence-corrected chi connectivity index (χ2v) is 5.38. The van der Waals surface area contributed by atoms with Crippen molar-refractivity contribution >= 4 is 23.2 Å². The van der Waals surface area contributed by atoms with Crippen molar-refractivity contribution < 1.29 is 14.1 Å². The Balaban J connectivity index is 2.06. The highest BCUT2D eigenvalue weighted by Gasteiger charge is 2.25. The maximum absolute atomic E-state index is 12.7. The molecule has 2 aromatic heterocycles. The van der Waals surface area contributed by atoms with Gasteiger partial charge in [0.05, 0.1) is 17.7 Å². The van der Waals surface area contributed by atoms with Gasteiger partial charge < -0.3 is 14.6 Å². The van der Waals surface area contributed by atoms with Crippen molar-refractivity contribution in [1.82, 2.24) is 10.1 Å². The highest BCUT2D eigenvalue weighted by Crippen LogP contribution is 2.38. The molecule has 0 aliphatic rings. The Bertz CT molecular complexity index is 878. The van der Waals surface area contributed by atoms with E-state index in [4.69, 9.17) is 20.9 Å². The van der Waals surface area contributed by atoms with Gasteiger partial charge in [-0.05, 0) is 31.2 Å². The lowest BCUT2D eigenvalue weighted by atomic mass is 10.0. The highest BCUT2D eigenvalue weighted by atomic mass is 35.5. The van der Waals surface area contributed by atoms with Crippen LogP contribution >= 0.6 is 11.6 Å². The van der Waals surface area contributed by atoms with Crippen LogP contribution in [-0.4, -0.2) is 23.2 Å². The molecule has 0 radical (unpaired) electrons. The van der Waals surface area contributed by atoms with Crippen LogP contribution in [0, 0.1) is 6.92 Å². The smallest absolute Gasteiger partial charge is 0.261 e. The molecule has 3 aromatic rings. The van der Waals surface area contributed by atoms with Gasteiger partial charge in [-0.3, -0.25) is 9.78 Å². The van der Waals surface area contributed by atoms with Crippen LogP contribution < -0.4 is 10.1 Å². The van der Waals surface area contributed by atoms with Crippen LogP contribution in [0.4, 0.5) is 5.69 Å². The van der Waals surface area contributed by atoms with Gasteiger partial charge in [0.2, 0.25) is 0 Å². The van der Waals surface area contributed by atoms with E-state index in [-0.39, 0.29) is 5.91 Å². The van der Waals surface area contributed by atoms with Gasteiger partial charge in [-0.1, -0.05) is 22.8 Å². The molecule has 122 valence electrons. The topological polar surface area (TPSA) is 77.2 Å². The summed E-state index contributed by atoms with van der Waals surface area (Å²) in [5.41, 5.74) is 1.77. The van der Waals surface area contributed by atoms with E-state index >= 15 is 0 Å². The lowest BCUT2D eigenvalue weighted by molar-refractivity contribution is 0.102. The molecule has 0 saturated heterocycles. The van der Waals surface area contributed by atoms with Gasteiger partial charge >= 0.3 is 0 Å². The summed E-state index contributed by atoms with van der Waals surface area (Å²) in [7, 11) is 1.53. The number of benzene rings is 1. The number of aromatic nitrogens is 2. The molecule has 2 heterocycles. The van der Waals surface area contributed by atoms with Gasteiger partial charge in [0.25, 0.3) is 5.91 Å². The number of rotatable bonds is 4. The molecule has 6 nitrogen and oxygen atoms in total. The number of ether oxygens (including phenoxy) is 1. The number of nitrogens with zero attached hydrogens (tertiary/aromatic N) is 2. The standard InChI is InChI=1S/C17H14ClN3O3/c1-10-14(17(22)20-11-6-8-19-9-7-11)16(21-24-10)15-12(18)4-3-5-13(15)23-2/h3-9H,1-2H3,(H,19,20,22). The fraction of sp³-hybridized carbons (Fsp3) is 0.118. The number of halogens is 1. The monoisotopic (exact) mass is 343 g/mol. The summed E-state index contributed by atoms with van der Waals surface area (Å²) in [5, 5.41) is 7.21. The Morgan fingerprint density at radius 1 is 1.25 bits per heavy atom. The Morgan fingerprint density at radius 3 is 2.71 bits per heavy atom. The molecule has 24 heavy (non-hydrogen) atoms. The molecule has 3 rings (SSSR count). The molecule has 0 unspecified atom stereocenters. The summed E-state index contributed by atoms with van der Waals surface area (Å²) in [4.78, 5) is 16.6. The van der Waals surface area contributed by atoms with Gasteiger partial charge in [0.15, 0.2) is 0 Å². The quantitative estimate of drug-likeness (QED) is 0.775. The van der Waals surface area contributed by atoms with E-state index < -0.39 is 0 Å². The van der Waals surface area contributed by atoms with E-state index in [1.54, 1.807) is 49.6 Å². The van der Waals surface area contributed by atoms with Crippen molar-refractivity contribution in [3.05, 3.63) is 59.1 Å². The van der Waals surface area contributed by atoms with Gasteiger partial charge in [-0.2, -0.15) is 0 Å². The molecule has 1 aromatic carbocycles. The summed E-state index contributed by atoms with van der Waals surface area (Å²) in [5.74, 6) is 0.546. The molecular weight excluding hydrogens is 330 g/mol. The first-order valence-electron chi connectivity index (χ1n) is 7.12. The van der Waals surface area contributed by atoms with Crippen LogP contribution in [-0.2, 0) is 0 Å². The fourth-order valence-electron chi connectivity index (χ4n) is 2.34. The van der Waals surface area contributed by atoms with E-state index in [1.807, 2.05) is 0 Å². The third kappa shape index (κ3) is 2.96. The molecule has 1 amide bonds. The maximum atomic E-state index is 12.7. The predicted molar refractivity (Wildman–Crippen MR) is 90.4 cm³/mol. The first kappa shape index (κ1) is 16.0. The molecule has 0 aliphatic carbocycles. The number of methoxy groups -OCH3 is 1. The summed E-state index contributed by atoms with van der Waals surface area (Å²) < 4.78 is 10.6. The third-order valence-electron chi connectivity index (χ3n) is 3.46. The van der Waals surface area contributed by atoms with Crippen LogP contribution in [0.3, 0.4) is 0 Å². The molecule has 0 bridgehead atoms. The molecule has 7 heteroatoms. The Hall–Kier alpha value is -2.86. The lowest BCUT2D eigenvalue weighted by Crippen LogP contribution is -2.13. The Morgan fingerprint density at radius 2 is 2.00 bits per heavy atom. The number of aryl methyl sites for hydroxylation is 1. The average Bonchev–Trinajstić information content (AvgIpc) is 2.96. The molecule has 0 fully saturated rings.